The topological polar surface area (TPSA) is 102 Å². The Morgan fingerprint density at radius 3 is 2.74 bits per heavy atom. The van der Waals surface area contributed by atoms with Crippen molar-refractivity contribution >= 4 is 18.1 Å². The molecular weight excluding hydrogens is 252 g/mol. The number of hydrogen-bond donors (Lipinski definition) is 1. The van der Waals surface area contributed by atoms with Crippen LogP contribution < -0.4 is 5.43 Å². The maximum absolute atomic E-state index is 11.5. The summed E-state index contributed by atoms with van der Waals surface area (Å²) in [6, 6.07) is 0. The predicted octanol–water partition coefficient (Wildman–Crippen LogP) is -0.515. The second kappa shape index (κ2) is 5.57. The fourth-order valence-corrected chi connectivity index (χ4v) is 1.34. The van der Waals surface area contributed by atoms with Gasteiger partial charge in [0, 0.05) is 0 Å². The molecule has 0 aromatic carbocycles. The molecule has 1 amide bonds. The van der Waals surface area contributed by atoms with Crippen molar-refractivity contribution in [1.29, 1.82) is 0 Å². The van der Waals surface area contributed by atoms with E-state index in [1.807, 2.05) is 21.1 Å². The van der Waals surface area contributed by atoms with Crippen molar-refractivity contribution in [1.82, 2.24) is 15.0 Å². The van der Waals surface area contributed by atoms with Gasteiger partial charge in [0.25, 0.3) is 5.91 Å². The van der Waals surface area contributed by atoms with Crippen LogP contribution in [0.25, 0.3) is 0 Å². The second-order valence-electron chi connectivity index (χ2n) is 5.04. The van der Waals surface area contributed by atoms with Crippen LogP contribution in [0.15, 0.2) is 11.3 Å². The first-order valence-corrected chi connectivity index (χ1v) is 5.49. The van der Waals surface area contributed by atoms with E-state index < -0.39 is 4.92 Å². The number of likely N-dealkylation sites (N-methyl/N-ethyl adjacent to an activating group) is 1. The van der Waals surface area contributed by atoms with Gasteiger partial charge < -0.3 is 14.6 Å². The van der Waals surface area contributed by atoms with E-state index in [1.54, 1.807) is 0 Å². The van der Waals surface area contributed by atoms with Gasteiger partial charge in [-0.1, -0.05) is 4.98 Å². The molecule has 0 unspecified atom stereocenters. The number of nitrogens with zero attached hydrogens (tertiary/aromatic N) is 5. The Hall–Kier alpha value is -2.29. The van der Waals surface area contributed by atoms with Gasteiger partial charge in [0.15, 0.2) is 12.2 Å². The van der Waals surface area contributed by atoms with E-state index in [0.29, 0.717) is 10.2 Å². The highest BCUT2D eigenvalue weighted by Crippen LogP contribution is 2.08. The summed E-state index contributed by atoms with van der Waals surface area (Å²) in [4.78, 5) is 25.1. The van der Waals surface area contributed by atoms with Gasteiger partial charge in [-0.05, 0) is 4.92 Å². The summed E-state index contributed by atoms with van der Waals surface area (Å²) < 4.78 is 1.76. The van der Waals surface area contributed by atoms with Crippen molar-refractivity contribution in [3.63, 3.8) is 0 Å². The molecule has 0 aliphatic heterocycles. The van der Waals surface area contributed by atoms with Gasteiger partial charge in [0.2, 0.25) is 0 Å². The molecule has 0 saturated carbocycles. The van der Waals surface area contributed by atoms with E-state index in [9.17, 15) is 14.9 Å². The lowest BCUT2D eigenvalue weighted by Gasteiger charge is -2.21. The molecule has 9 nitrogen and oxygen atoms in total. The largest absolute Gasteiger partial charge is 0.434 e. The van der Waals surface area contributed by atoms with Crippen LogP contribution in [0.5, 0.6) is 0 Å². The number of carbonyl (C=O) groups excluding carboxylic acids is 1. The van der Waals surface area contributed by atoms with Crippen LogP contribution in [-0.2, 0) is 11.8 Å². The van der Waals surface area contributed by atoms with Crippen LogP contribution >= 0.6 is 0 Å². The number of nitro groups is 1. The van der Waals surface area contributed by atoms with Crippen LogP contribution in [0.1, 0.15) is 5.69 Å². The summed E-state index contributed by atoms with van der Waals surface area (Å²) in [5.41, 5.74) is 2.79. The van der Waals surface area contributed by atoms with Crippen molar-refractivity contribution < 1.29 is 14.2 Å². The minimum absolute atomic E-state index is 0.236. The summed E-state index contributed by atoms with van der Waals surface area (Å²) in [5, 5.41) is 14.3. The number of amides is 1. The Kier molecular flexibility index (Phi) is 4.33. The molecule has 0 bridgehead atoms. The van der Waals surface area contributed by atoms with E-state index in [2.05, 4.69) is 15.5 Å². The number of quaternary nitrogens is 1. The van der Waals surface area contributed by atoms with E-state index in [-0.39, 0.29) is 18.4 Å². The minimum Gasteiger partial charge on any atom is -0.390 e. The van der Waals surface area contributed by atoms with E-state index >= 15 is 0 Å². The molecule has 0 saturated heterocycles. The molecule has 9 heteroatoms. The number of nitrogens with one attached hydrogen (secondary N) is 1. The maximum atomic E-state index is 11.5. The molecule has 1 heterocycles. The van der Waals surface area contributed by atoms with Crippen LogP contribution in [0.3, 0.4) is 0 Å². The highest BCUT2D eigenvalue weighted by Gasteiger charge is 2.16. The molecular formula is C10H17N6O3+. The van der Waals surface area contributed by atoms with Crippen molar-refractivity contribution in [3.8, 4) is 0 Å². The van der Waals surface area contributed by atoms with Crippen LogP contribution in [-0.4, -0.2) is 58.8 Å². The zero-order chi connectivity index (χ0) is 14.6. The summed E-state index contributed by atoms with van der Waals surface area (Å²) in [7, 11) is 7.15. The first-order chi connectivity index (χ1) is 8.70. The molecule has 0 radical (unpaired) electrons. The molecule has 1 N–H and O–H groups in total. The van der Waals surface area contributed by atoms with Gasteiger partial charge in [-0.25, -0.2) is 9.99 Å². The van der Waals surface area contributed by atoms with Gasteiger partial charge in [-0.2, -0.15) is 5.10 Å². The monoisotopic (exact) mass is 269 g/mol. The van der Waals surface area contributed by atoms with Gasteiger partial charge in [0.1, 0.15) is 6.20 Å². The number of hydrazone groups is 1. The highest BCUT2D eigenvalue weighted by atomic mass is 16.6. The van der Waals surface area contributed by atoms with Crippen molar-refractivity contribution in [2.75, 3.05) is 27.7 Å². The Balaban J connectivity index is 2.63. The fourth-order valence-electron chi connectivity index (χ4n) is 1.34. The Morgan fingerprint density at radius 1 is 1.63 bits per heavy atom. The molecule has 1 aromatic heterocycles. The number of hydrogen-bond acceptors (Lipinski definition) is 5. The Morgan fingerprint density at radius 2 is 2.26 bits per heavy atom. The quantitative estimate of drug-likeness (QED) is 0.336. The summed E-state index contributed by atoms with van der Waals surface area (Å²) in [6.07, 6.45) is 2.63. The molecule has 1 rings (SSSR count). The van der Waals surface area contributed by atoms with Gasteiger partial charge in [-0.15, -0.1) is 0 Å². The van der Waals surface area contributed by atoms with Crippen LogP contribution in [0.4, 0.5) is 5.95 Å². The highest BCUT2D eigenvalue weighted by molar-refractivity contribution is 5.81. The maximum Gasteiger partial charge on any atom is 0.434 e. The number of rotatable bonds is 5. The number of aromatic nitrogens is 2. The summed E-state index contributed by atoms with van der Waals surface area (Å²) >= 11 is 0. The zero-order valence-corrected chi connectivity index (χ0v) is 11.3. The SMILES string of the molecule is Cn1c(C=NNC(=O)C[N+](C)(C)C)cnc1[N+](=O)[O-]. The van der Waals surface area contributed by atoms with Crippen LogP contribution in [0, 0.1) is 10.1 Å². The predicted molar refractivity (Wildman–Crippen MR) is 68.5 cm³/mol. The third-order valence-electron chi connectivity index (χ3n) is 2.17. The standard InChI is InChI=1S/C10H16N6O3/c1-14-8(5-11-10(14)15(18)19)6-12-13-9(17)7-16(2,3)4/h5-6H,7H2,1-4H3/p+1. The Labute approximate surface area is 110 Å². The zero-order valence-electron chi connectivity index (χ0n) is 11.3. The molecule has 0 aliphatic carbocycles. The molecule has 104 valence electrons. The summed E-state index contributed by atoms with van der Waals surface area (Å²) in [6.45, 7) is 0.281. The fraction of sp³-hybridized carbons (Fsp3) is 0.500. The average Bonchev–Trinajstić information content (AvgIpc) is 2.57. The number of carbonyl (C=O) groups is 1. The summed E-state index contributed by atoms with van der Waals surface area (Å²) in [5.74, 6) is -0.514. The first kappa shape index (κ1) is 14.8. The number of imidazole rings is 1. The lowest BCUT2D eigenvalue weighted by Crippen LogP contribution is -2.43. The molecule has 0 spiro atoms. The molecule has 19 heavy (non-hydrogen) atoms. The molecule has 1 aromatic rings. The first-order valence-electron chi connectivity index (χ1n) is 5.49. The molecule has 0 fully saturated rings. The lowest BCUT2D eigenvalue weighted by molar-refractivity contribution is -0.862. The van der Waals surface area contributed by atoms with Gasteiger partial charge >= 0.3 is 5.95 Å². The molecule has 0 atom stereocenters. The lowest BCUT2D eigenvalue weighted by atomic mass is 10.5. The van der Waals surface area contributed by atoms with Crippen LogP contribution in [0.2, 0.25) is 0 Å². The van der Waals surface area contributed by atoms with Crippen molar-refractivity contribution in [2.45, 2.75) is 0 Å². The molecule has 0 aliphatic rings. The third kappa shape index (κ3) is 4.47. The smallest absolute Gasteiger partial charge is 0.390 e. The van der Waals surface area contributed by atoms with Gasteiger partial charge in [0.05, 0.1) is 34.4 Å². The normalized spacial score (nSPS) is 11.8. The Bertz CT molecular complexity index is 514. The van der Waals surface area contributed by atoms with E-state index in [0.717, 1.165) is 0 Å². The minimum atomic E-state index is -0.590. The van der Waals surface area contributed by atoms with Crippen molar-refractivity contribution in [3.05, 3.63) is 22.0 Å². The second-order valence-corrected chi connectivity index (χ2v) is 5.04. The van der Waals surface area contributed by atoms with Gasteiger partial charge in [-0.3, -0.25) is 4.79 Å². The van der Waals surface area contributed by atoms with E-state index in [1.165, 1.54) is 24.0 Å². The van der Waals surface area contributed by atoms with Crippen molar-refractivity contribution in [2.24, 2.45) is 12.1 Å². The third-order valence-corrected chi connectivity index (χ3v) is 2.17. The average molecular weight is 269 g/mol. The van der Waals surface area contributed by atoms with E-state index in [4.69, 9.17) is 0 Å².